The summed E-state index contributed by atoms with van der Waals surface area (Å²) in [6.45, 7) is 4.25. The number of ether oxygens (including phenoxy) is 1. The van der Waals surface area contributed by atoms with Gasteiger partial charge in [0.1, 0.15) is 6.10 Å². The number of nitrogen functional groups attached to an aromatic ring is 1. The van der Waals surface area contributed by atoms with E-state index in [1.807, 2.05) is 0 Å². The highest BCUT2D eigenvalue weighted by molar-refractivity contribution is 5.38. The van der Waals surface area contributed by atoms with E-state index in [-0.39, 0.29) is 6.10 Å². The van der Waals surface area contributed by atoms with Crippen LogP contribution in [0.25, 0.3) is 0 Å². The van der Waals surface area contributed by atoms with Gasteiger partial charge in [0.2, 0.25) is 11.9 Å². The van der Waals surface area contributed by atoms with Gasteiger partial charge in [0, 0.05) is 13.1 Å². The van der Waals surface area contributed by atoms with Crippen molar-refractivity contribution in [3.8, 4) is 6.01 Å². The molecule has 7 heteroatoms. The SMILES string of the molecule is CC1CCC(Oc2nc(NN)nc(N3CCCC3)n2)CC1. The van der Waals surface area contributed by atoms with Gasteiger partial charge in [-0.2, -0.15) is 15.0 Å². The summed E-state index contributed by atoms with van der Waals surface area (Å²) in [5, 5.41) is 0. The molecule has 21 heavy (non-hydrogen) atoms. The summed E-state index contributed by atoms with van der Waals surface area (Å²) in [6.07, 6.45) is 7.10. The van der Waals surface area contributed by atoms with E-state index < -0.39 is 0 Å². The fourth-order valence-electron chi connectivity index (χ4n) is 3.02. The van der Waals surface area contributed by atoms with Crippen molar-refractivity contribution in [1.29, 1.82) is 0 Å². The quantitative estimate of drug-likeness (QED) is 0.645. The van der Waals surface area contributed by atoms with Gasteiger partial charge in [0.05, 0.1) is 0 Å². The summed E-state index contributed by atoms with van der Waals surface area (Å²) in [7, 11) is 0. The summed E-state index contributed by atoms with van der Waals surface area (Å²) in [4.78, 5) is 15.2. The highest BCUT2D eigenvalue weighted by atomic mass is 16.5. The van der Waals surface area contributed by atoms with Crippen LogP contribution in [-0.4, -0.2) is 34.1 Å². The van der Waals surface area contributed by atoms with Crippen LogP contribution in [0.15, 0.2) is 0 Å². The van der Waals surface area contributed by atoms with Crippen molar-refractivity contribution in [1.82, 2.24) is 15.0 Å². The van der Waals surface area contributed by atoms with E-state index in [4.69, 9.17) is 10.6 Å². The average Bonchev–Trinajstić information content (AvgIpc) is 3.04. The maximum atomic E-state index is 5.96. The Bertz CT molecular complexity index is 469. The summed E-state index contributed by atoms with van der Waals surface area (Å²) in [6, 6.07) is 0.388. The van der Waals surface area contributed by atoms with Gasteiger partial charge in [-0.25, -0.2) is 5.84 Å². The van der Waals surface area contributed by atoms with Crippen LogP contribution in [0, 0.1) is 5.92 Å². The zero-order valence-corrected chi connectivity index (χ0v) is 12.6. The Labute approximate surface area is 125 Å². The number of nitrogens with one attached hydrogen (secondary N) is 1. The van der Waals surface area contributed by atoms with Crippen molar-refractivity contribution in [3.63, 3.8) is 0 Å². The number of nitrogens with zero attached hydrogens (tertiary/aromatic N) is 4. The van der Waals surface area contributed by atoms with Crippen LogP contribution in [-0.2, 0) is 0 Å². The molecular formula is C14H24N6O. The lowest BCUT2D eigenvalue weighted by Crippen LogP contribution is -2.26. The van der Waals surface area contributed by atoms with E-state index in [1.165, 1.54) is 25.7 Å². The molecule has 0 bridgehead atoms. The molecule has 0 spiro atoms. The molecule has 0 atom stereocenters. The van der Waals surface area contributed by atoms with Crippen LogP contribution in [0.3, 0.4) is 0 Å². The minimum absolute atomic E-state index is 0.209. The van der Waals surface area contributed by atoms with Gasteiger partial charge in [0.25, 0.3) is 0 Å². The van der Waals surface area contributed by atoms with E-state index >= 15 is 0 Å². The number of rotatable bonds is 4. The Hall–Kier alpha value is -1.63. The third-order valence-corrected chi connectivity index (χ3v) is 4.36. The lowest BCUT2D eigenvalue weighted by atomic mass is 9.89. The zero-order valence-electron chi connectivity index (χ0n) is 12.6. The first-order chi connectivity index (χ1) is 10.2. The Balaban J connectivity index is 1.72. The molecule has 7 nitrogen and oxygen atoms in total. The molecule has 1 aromatic heterocycles. The Morgan fingerprint density at radius 2 is 1.81 bits per heavy atom. The van der Waals surface area contributed by atoms with E-state index in [1.54, 1.807) is 0 Å². The van der Waals surface area contributed by atoms with Crippen LogP contribution in [0.4, 0.5) is 11.9 Å². The number of anilines is 2. The van der Waals surface area contributed by atoms with E-state index in [2.05, 4.69) is 32.2 Å². The number of nitrogens with two attached hydrogens (primary N) is 1. The smallest absolute Gasteiger partial charge is 0.323 e. The molecule has 1 aliphatic carbocycles. The third kappa shape index (κ3) is 3.53. The monoisotopic (exact) mass is 292 g/mol. The van der Waals surface area contributed by atoms with Crippen molar-refractivity contribution >= 4 is 11.9 Å². The number of aromatic nitrogens is 3. The van der Waals surface area contributed by atoms with Crippen LogP contribution in [0.2, 0.25) is 0 Å². The van der Waals surface area contributed by atoms with Crippen LogP contribution in [0.5, 0.6) is 6.01 Å². The molecule has 0 unspecified atom stereocenters. The largest absolute Gasteiger partial charge is 0.460 e. The van der Waals surface area contributed by atoms with Crippen molar-refractivity contribution in [3.05, 3.63) is 0 Å². The first kappa shape index (κ1) is 14.3. The van der Waals surface area contributed by atoms with Crippen molar-refractivity contribution in [2.24, 2.45) is 11.8 Å². The summed E-state index contributed by atoms with van der Waals surface area (Å²) in [5.41, 5.74) is 2.51. The minimum atomic E-state index is 0.209. The molecule has 3 rings (SSSR count). The predicted molar refractivity (Wildman–Crippen MR) is 81.1 cm³/mol. The fraction of sp³-hybridized carbons (Fsp3) is 0.786. The van der Waals surface area contributed by atoms with Crippen molar-refractivity contribution < 1.29 is 4.74 Å². The molecule has 2 aliphatic rings. The average molecular weight is 292 g/mol. The van der Waals surface area contributed by atoms with Gasteiger partial charge >= 0.3 is 6.01 Å². The molecule has 1 aliphatic heterocycles. The fourth-order valence-corrected chi connectivity index (χ4v) is 3.02. The second-order valence-corrected chi connectivity index (χ2v) is 6.08. The standard InChI is InChI=1S/C14H24N6O/c1-10-4-6-11(7-5-10)21-14-17-12(19-15)16-13(18-14)20-8-2-3-9-20/h10-11H,2-9,15H2,1H3,(H,16,17,18,19). The van der Waals surface area contributed by atoms with Crippen molar-refractivity contribution in [2.75, 3.05) is 23.4 Å². The Kier molecular flexibility index (Phi) is 4.38. The van der Waals surface area contributed by atoms with Gasteiger partial charge in [-0.1, -0.05) is 6.92 Å². The second kappa shape index (κ2) is 6.43. The van der Waals surface area contributed by atoms with E-state index in [0.29, 0.717) is 17.9 Å². The maximum absolute atomic E-state index is 5.96. The summed E-state index contributed by atoms with van der Waals surface area (Å²) >= 11 is 0. The number of hydrogen-bond donors (Lipinski definition) is 2. The molecule has 0 radical (unpaired) electrons. The third-order valence-electron chi connectivity index (χ3n) is 4.36. The molecular weight excluding hydrogens is 268 g/mol. The highest BCUT2D eigenvalue weighted by Gasteiger charge is 2.22. The maximum Gasteiger partial charge on any atom is 0.323 e. The van der Waals surface area contributed by atoms with Gasteiger partial charge in [-0.3, -0.25) is 5.43 Å². The molecule has 3 N–H and O–H groups in total. The van der Waals surface area contributed by atoms with Crippen LogP contribution < -0.4 is 20.9 Å². The van der Waals surface area contributed by atoms with Crippen LogP contribution >= 0.6 is 0 Å². The lowest BCUT2D eigenvalue weighted by molar-refractivity contribution is 0.124. The second-order valence-electron chi connectivity index (χ2n) is 6.08. The Morgan fingerprint density at radius 1 is 1.10 bits per heavy atom. The van der Waals surface area contributed by atoms with Gasteiger partial charge < -0.3 is 9.64 Å². The van der Waals surface area contributed by atoms with Gasteiger partial charge in [-0.05, 0) is 44.4 Å². The van der Waals surface area contributed by atoms with Gasteiger partial charge in [0.15, 0.2) is 0 Å². The molecule has 2 heterocycles. The zero-order chi connectivity index (χ0) is 14.7. The highest BCUT2D eigenvalue weighted by Crippen LogP contribution is 2.27. The lowest BCUT2D eigenvalue weighted by Gasteiger charge is -2.26. The summed E-state index contributed by atoms with van der Waals surface area (Å²) in [5.74, 6) is 7.29. The molecule has 0 aromatic carbocycles. The molecule has 0 amide bonds. The predicted octanol–water partition coefficient (Wildman–Crippen LogP) is 1.71. The molecule has 1 saturated carbocycles. The minimum Gasteiger partial charge on any atom is -0.460 e. The normalized spacial score (nSPS) is 25.9. The van der Waals surface area contributed by atoms with Crippen molar-refractivity contribution in [2.45, 2.75) is 51.6 Å². The number of hydrogen-bond acceptors (Lipinski definition) is 7. The topological polar surface area (TPSA) is 89.2 Å². The molecule has 116 valence electrons. The first-order valence-corrected chi connectivity index (χ1v) is 7.89. The van der Waals surface area contributed by atoms with Gasteiger partial charge in [-0.15, -0.1) is 0 Å². The van der Waals surface area contributed by atoms with E-state index in [9.17, 15) is 0 Å². The summed E-state index contributed by atoms with van der Waals surface area (Å²) < 4.78 is 5.96. The molecule has 2 fully saturated rings. The molecule has 1 saturated heterocycles. The van der Waals surface area contributed by atoms with Crippen LogP contribution in [0.1, 0.15) is 45.4 Å². The molecule has 1 aromatic rings. The van der Waals surface area contributed by atoms with E-state index in [0.717, 1.165) is 31.8 Å². The first-order valence-electron chi connectivity index (χ1n) is 7.89. The Morgan fingerprint density at radius 3 is 2.48 bits per heavy atom. The number of hydrazine groups is 1.